The zero-order chi connectivity index (χ0) is 13.8. The smallest absolute Gasteiger partial charge is 0.142 e. The van der Waals surface area contributed by atoms with Gasteiger partial charge in [0, 0.05) is 0 Å². The second-order valence-electron chi connectivity index (χ2n) is 4.46. The Labute approximate surface area is 118 Å². The van der Waals surface area contributed by atoms with Crippen LogP contribution in [0, 0.1) is 5.82 Å². The van der Waals surface area contributed by atoms with E-state index in [1.807, 2.05) is 13.1 Å². The first-order valence-electron chi connectivity index (χ1n) is 6.37. The zero-order valence-corrected chi connectivity index (χ0v) is 11.8. The molecule has 0 aliphatic heterocycles. The summed E-state index contributed by atoms with van der Waals surface area (Å²) in [6.07, 6.45) is 1.01. The highest BCUT2D eigenvalue weighted by Crippen LogP contribution is 2.30. The highest BCUT2D eigenvalue weighted by atomic mass is 35.5. The molecule has 0 fully saturated rings. The Bertz CT molecular complexity index is 551. The van der Waals surface area contributed by atoms with Crippen LogP contribution < -0.4 is 5.32 Å². The molecule has 0 heterocycles. The Morgan fingerprint density at radius 2 is 1.84 bits per heavy atom. The van der Waals surface area contributed by atoms with Gasteiger partial charge in [-0.25, -0.2) is 4.39 Å². The molecule has 1 N–H and O–H groups in total. The van der Waals surface area contributed by atoms with E-state index in [-0.39, 0.29) is 16.9 Å². The van der Waals surface area contributed by atoms with Crippen molar-refractivity contribution < 1.29 is 4.39 Å². The zero-order valence-electron chi connectivity index (χ0n) is 11.1. The standard InChI is InChI=1S/C16H17ClFN/c1-3-11-7-9-12(10-8-11)16(19-2)13-5-4-6-14(18)15(13)17/h4-10,16,19H,3H2,1-2H3. The summed E-state index contributed by atoms with van der Waals surface area (Å²) in [4.78, 5) is 0. The third-order valence-electron chi connectivity index (χ3n) is 3.30. The van der Waals surface area contributed by atoms with Crippen molar-refractivity contribution in [1.82, 2.24) is 5.32 Å². The average molecular weight is 278 g/mol. The first kappa shape index (κ1) is 14.0. The first-order chi connectivity index (χ1) is 9.17. The quantitative estimate of drug-likeness (QED) is 0.876. The lowest BCUT2D eigenvalue weighted by Gasteiger charge is -2.19. The lowest BCUT2D eigenvalue weighted by molar-refractivity contribution is 0.617. The molecule has 0 amide bonds. The molecule has 0 aliphatic rings. The molecule has 3 heteroatoms. The van der Waals surface area contributed by atoms with E-state index < -0.39 is 0 Å². The van der Waals surface area contributed by atoms with Crippen LogP contribution in [0.2, 0.25) is 5.02 Å². The monoisotopic (exact) mass is 277 g/mol. The van der Waals surface area contributed by atoms with Crippen molar-refractivity contribution in [3.8, 4) is 0 Å². The molecule has 19 heavy (non-hydrogen) atoms. The number of rotatable bonds is 4. The molecule has 0 aromatic heterocycles. The van der Waals surface area contributed by atoms with E-state index >= 15 is 0 Å². The van der Waals surface area contributed by atoms with Gasteiger partial charge in [0.15, 0.2) is 0 Å². The topological polar surface area (TPSA) is 12.0 Å². The van der Waals surface area contributed by atoms with E-state index in [4.69, 9.17) is 11.6 Å². The third kappa shape index (κ3) is 2.96. The maximum Gasteiger partial charge on any atom is 0.142 e. The highest BCUT2D eigenvalue weighted by molar-refractivity contribution is 6.31. The second kappa shape index (κ2) is 6.18. The van der Waals surface area contributed by atoms with Crippen molar-refractivity contribution in [2.75, 3.05) is 7.05 Å². The summed E-state index contributed by atoms with van der Waals surface area (Å²) in [5.74, 6) is -0.385. The van der Waals surface area contributed by atoms with Crippen molar-refractivity contribution in [2.45, 2.75) is 19.4 Å². The van der Waals surface area contributed by atoms with E-state index in [2.05, 4.69) is 36.5 Å². The molecular weight excluding hydrogens is 261 g/mol. The maximum absolute atomic E-state index is 13.6. The van der Waals surface area contributed by atoms with Crippen LogP contribution in [0.15, 0.2) is 42.5 Å². The highest BCUT2D eigenvalue weighted by Gasteiger charge is 2.17. The van der Waals surface area contributed by atoms with Crippen LogP contribution in [0.3, 0.4) is 0 Å². The second-order valence-corrected chi connectivity index (χ2v) is 4.84. The Morgan fingerprint density at radius 1 is 1.16 bits per heavy atom. The average Bonchev–Trinajstić information content (AvgIpc) is 2.45. The van der Waals surface area contributed by atoms with E-state index in [0.29, 0.717) is 0 Å². The first-order valence-corrected chi connectivity index (χ1v) is 6.75. The minimum absolute atomic E-state index is 0.103. The lowest BCUT2D eigenvalue weighted by Crippen LogP contribution is -2.18. The normalized spacial score (nSPS) is 12.4. The molecule has 2 aromatic carbocycles. The number of benzene rings is 2. The summed E-state index contributed by atoms with van der Waals surface area (Å²) in [5, 5.41) is 3.37. The van der Waals surface area contributed by atoms with Crippen LogP contribution in [-0.4, -0.2) is 7.05 Å². The maximum atomic E-state index is 13.6. The molecule has 1 atom stereocenters. The molecule has 1 unspecified atom stereocenters. The molecule has 0 saturated heterocycles. The van der Waals surface area contributed by atoms with E-state index in [1.54, 1.807) is 6.07 Å². The van der Waals surface area contributed by atoms with Gasteiger partial charge in [0.1, 0.15) is 5.82 Å². The third-order valence-corrected chi connectivity index (χ3v) is 3.70. The Kier molecular flexibility index (Phi) is 4.56. The van der Waals surface area contributed by atoms with Crippen molar-refractivity contribution in [3.05, 3.63) is 70.0 Å². The Morgan fingerprint density at radius 3 is 2.42 bits per heavy atom. The van der Waals surface area contributed by atoms with E-state index in [1.165, 1.54) is 11.6 Å². The van der Waals surface area contributed by atoms with Gasteiger partial charge in [-0.05, 0) is 36.2 Å². The van der Waals surface area contributed by atoms with Crippen molar-refractivity contribution in [2.24, 2.45) is 0 Å². The van der Waals surface area contributed by atoms with Crippen molar-refractivity contribution >= 4 is 11.6 Å². The summed E-state index contributed by atoms with van der Waals surface area (Å²) in [6, 6.07) is 13.1. The van der Waals surface area contributed by atoms with E-state index in [9.17, 15) is 4.39 Å². The Balaban J connectivity index is 2.40. The van der Waals surface area contributed by atoms with Gasteiger partial charge in [0.05, 0.1) is 11.1 Å². The molecule has 2 rings (SSSR count). The molecule has 0 aliphatic carbocycles. The summed E-state index contributed by atoms with van der Waals surface area (Å²) >= 11 is 6.06. The fourth-order valence-electron chi connectivity index (χ4n) is 2.19. The van der Waals surface area contributed by atoms with Gasteiger partial charge in [-0.3, -0.25) is 0 Å². The largest absolute Gasteiger partial charge is 0.309 e. The number of nitrogens with one attached hydrogen (secondary N) is 1. The number of halogens is 2. The van der Waals surface area contributed by atoms with Gasteiger partial charge in [0.25, 0.3) is 0 Å². The molecule has 0 radical (unpaired) electrons. The minimum atomic E-state index is -0.385. The predicted octanol–water partition coefficient (Wildman–Crippen LogP) is 4.35. The van der Waals surface area contributed by atoms with Crippen LogP contribution in [0.4, 0.5) is 4.39 Å². The molecule has 1 nitrogen and oxygen atoms in total. The van der Waals surface area contributed by atoms with Crippen LogP contribution >= 0.6 is 11.6 Å². The molecule has 100 valence electrons. The van der Waals surface area contributed by atoms with Crippen LogP contribution in [0.5, 0.6) is 0 Å². The van der Waals surface area contributed by atoms with Crippen LogP contribution in [-0.2, 0) is 6.42 Å². The van der Waals surface area contributed by atoms with Crippen LogP contribution in [0.1, 0.15) is 29.7 Å². The molecule has 0 spiro atoms. The molecule has 0 saturated carbocycles. The van der Waals surface area contributed by atoms with Gasteiger partial charge in [0.2, 0.25) is 0 Å². The number of aryl methyl sites for hydroxylation is 1. The fourth-order valence-corrected chi connectivity index (χ4v) is 2.43. The van der Waals surface area contributed by atoms with Gasteiger partial charge in [-0.2, -0.15) is 0 Å². The number of hydrogen-bond donors (Lipinski definition) is 1. The molecule has 2 aromatic rings. The predicted molar refractivity (Wildman–Crippen MR) is 78.1 cm³/mol. The molecular formula is C16H17ClFN. The summed E-state index contributed by atoms with van der Waals surface area (Å²) in [6.45, 7) is 2.12. The van der Waals surface area contributed by atoms with Gasteiger partial charge < -0.3 is 5.32 Å². The van der Waals surface area contributed by atoms with Crippen molar-refractivity contribution in [1.29, 1.82) is 0 Å². The summed E-state index contributed by atoms with van der Waals surface area (Å²) in [5.41, 5.74) is 3.12. The van der Waals surface area contributed by atoms with Gasteiger partial charge in [-0.1, -0.05) is 54.9 Å². The van der Waals surface area contributed by atoms with Crippen molar-refractivity contribution in [3.63, 3.8) is 0 Å². The number of hydrogen-bond acceptors (Lipinski definition) is 1. The van der Waals surface area contributed by atoms with Crippen LogP contribution in [0.25, 0.3) is 0 Å². The molecule has 0 bridgehead atoms. The summed E-state index contributed by atoms with van der Waals surface area (Å²) < 4.78 is 13.6. The summed E-state index contributed by atoms with van der Waals surface area (Å²) in [7, 11) is 1.85. The lowest BCUT2D eigenvalue weighted by atomic mass is 9.97. The fraction of sp³-hybridized carbons (Fsp3) is 0.250. The SMILES string of the molecule is CCc1ccc(C(NC)c2cccc(F)c2Cl)cc1. The van der Waals surface area contributed by atoms with Gasteiger partial charge >= 0.3 is 0 Å². The minimum Gasteiger partial charge on any atom is -0.309 e. The Hall–Kier alpha value is -1.38. The van der Waals surface area contributed by atoms with E-state index in [0.717, 1.165) is 17.5 Å². The van der Waals surface area contributed by atoms with Gasteiger partial charge in [-0.15, -0.1) is 0 Å².